The minimum atomic E-state index is -0.137. The Bertz CT molecular complexity index is 2760. The maximum Gasteiger partial charge on any atom is 0.160 e. The first-order valence-corrected chi connectivity index (χ1v) is 17.1. The monoisotopic (exact) mass is 640 g/mol. The molecule has 0 saturated heterocycles. The highest BCUT2D eigenvalue weighted by atomic mass is 16.3. The van der Waals surface area contributed by atoms with Gasteiger partial charge in [-0.25, -0.2) is 9.97 Å². The van der Waals surface area contributed by atoms with E-state index in [0.29, 0.717) is 5.82 Å². The van der Waals surface area contributed by atoms with Crippen LogP contribution >= 0.6 is 0 Å². The third-order valence-corrected chi connectivity index (χ3v) is 10.4. The van der Waals surface area contributed by atoms with Crippen molar-refractivity contribution in [1.29, 1.82) is 0 Å². The molecule has 0 amide bonds. The number of fused-ring (bicyclic) bond motifs is 6. The molecule has 7 aromatic carbocycles. The van der Waals surface area contributed by atoms with Gasteiger partial charge < -0.3 is 4.42 Å². The van der Waals surface area contributed by atoms with E-state index in [1.807, 2.05) is 36.4 Å². The molecule has 236 valence electrons. The lowest BCUT2D eigenvalue weighted by atomic mass is 9.81. The van der Waals surface area contributed by atoms with Crippen LogP contribution in [-0.2, 0) is 5.41 Å². The highest BCUT2D eigenvalue weighted by molar-refractivity contribution is 5.99. The van der Waals surface area contributed by atoms with E-state index in [-0.39, 0.29) is 5.41 Å². The summed E-state index contributed by atoms with van der Waals surface area (Å²) < 4.78 is 6.18. The van der Waals surface area contributed by atoms with Gasteiger partial charge in [0, 0.05) is 33.1 Å². The van der Waals surface area contributed by atoms with Crippen molar-refractivity contribution in [1.82, 2.24) is 9.97 Å². The van der Waals surface area contributed by atoms with Crippen LogP contribution in [0.5, 0.6) is 0 Å². The van der Waals surface area contributed by atoms with Crippen LogP contribution in [0.1, 0.15) is 25.0 Å². The molecule has 9 aromatic rings. The second-order valence-corrected chi connectivity index (χ2v) is 13.9. The third-order valence-electron chi connectivity index (χ3n) is 10.4. The van der Waals surface area contributed by atoms with Crippen molar-refractivity contribution in [2.75, 3.05) is 0 Å². The van der Waals surface area contributed by atoms with E-state index >= 15 is 0 Å². The largest absolute Gasteiger partial charge is 0.456 e. The maximum absolute atomic E-state index is 6.18. The molecule has 3 heteroatoms. The second kappa shape index (κ2) is 10.8. The Morgan fingerprint density at radius 1 is 0.440 bits per heavy atom. The second-order valence-electron chi connectivity index (χ2n) is 13.9. The molecule has 1 aliphatic rings. The predicted molar refractivity (Wildman–Crippen MR) is 206 cm³/mol. The molecule has 0 N–H and O–H groups in total. The van der Waals surface area contributed by atoms with Crippen LogP contribution in [-0.4, -0.2) is 9.97 Å². The molecule has 2 heterocycles. The third kappa shape index (κ3) is 4.51. The standard InChI is InChI=1S/C47H32N2O/c1-47(2)39-17-10-16-37(45(39)38-25-30-13-6-7-14-31(30)26-40(38)47)42-28-41(48-46(49-42)29-11-4-3-5-12-29)34-21-19-33-24-36(22-20-32(33)23-34)44-27-35-15-8-9-18-43(35)50-44/h3-28H,1-2H3. The SMILES string of the molecule is CC1(C)c2cc3ccccc3cc2-c2c(-c3cc(-c4ccc5cc(-c6cc7ccccc7o6)ccc5c4)nc(-c4ccccc4)n3)cccc21. The van der Waals surface area contributed by atoms with Gasteiger partial charge >= 0.3 is 0 Å². The average molecular weight is 641 g/mol. The molecule has 2 aromatic heterocycles. The van der Waals surface area contributed by atoms with Crippen LogP contribution in [0.4, 0.5) is 0 Å². The van der Waals surface area contributed by atoms with Gasteiger partial charge in [0.15, 0.2) is 5.82 Å². The van der Waals surface area contributed by atoms with E-state index in [1.165, 1.54) is 33.0 Å². The number of aromatic nitrogens is 2. The van der Waals surface area contributed by atoms with Crippen LogP contribution in [0.25, 0.3) is 88.9 Å². The van der Waals surface area contributed by atoms with Gasteiger partial charge in [-0.3, -0.25) is 0 Å². The molecule has 0 fully saturated rings. The van der Waals surface area contributed by atoms with Crippen molar-refractivity contribution in [3.8, 4) is 56.4 Å². The smallest absolute Gasteiger partial charge is 0.160 e. The zero-order valence-electron chi connectivity index (χ0n) is 27.8. The first kappa shape index (κ1) is 28.7. The number of nitrogens with zero attached hydrogens (tertiary/aromatic N) is 2. The highest BCUT2D eigenvalue weighted by Gasteiger charge is 2.37. The molecular formula is C47H32N2O. The minimum Gasteiger partial charge on any atom is -0.456 e. The zero-order valence-corrected chi connectivity index (χ0v) is 27.8. The van der Waals surface area contributed by atoms with Crippen molar-refractivity contribution >= 4 is 32.5 Å². The fraction of sp³-hybridized carbons (Fsp3) is 0.0638. The lowest BCUT2D eigenvalue weighted by Crippen LogP contribution is -2.14. The fourth-order valence-corrected chi connectivity index (χ4v) is 7.82. The zero-order chi connectivity index (χ0) is 33.4. The normalized spacial score (nSPS) is 13.2. The molecule has 1 aliphatic carbocycles. The highest BCUT2D eigenvalue weighted by Crippen LogP contribution is 2.53. The average Bonchev–Trinajstić information content (AvgIpc) is 3.70. The Labute approximate surface area is 290 Å². The summed E-state index contributed by atoms with van der Waals surface area (Å²) in [6.45, 7) is 4.68. The predicted octanol–water partition coefficient (Wildman–Crippen LogP) is 12.5. The number of para-hydroxylation sites is 1. The Kier molecular flexibility index (Phi) is 6.22. The molecule has 0 bridgehead atoms. The fourth-order valence-electron chi connectivity index (χ4n) is 7.82. The van der Waals surface area contributed by atoms with Gasteiger partial charge in [-0.1, -0.05) is 129 Å². The summed E-state index contributed by atoms with van der Waals surface area (Å²) in [5.74, 6) is 1.59. The first-order chi connectivity index (χ1) is 24.5. The number of benzene rings is 7. The maximum atomic E-state index is 6.18. The van der Waals surface area contributed by atoms with Gasteiger partial charge in [0.2, 0.25) is 0 Å². The lowest BCUT2D eigenvalue weighted by molar-refractivity contribution is 0.631. The summed E-state index contributed by atoms with van der Waals surface area (Å²) in [6, 6.07) is 55.9. The minimum absolute atomic E-state index is 0.137. The van der Waals surface area contributed by atoms with E-state index in [1.54, 1.807) is 0 Å². The van der Waals surface area contributed by atoms with E-state index in [0.717, 1.165) is 61.1 Å². The topological polar surface area (TPSA) is 38.9 Å². The van der Waals surface area contributed by atoms with E-state index in [9.17, 15) is 0 Å². The van der Waals surface area contributed by atoms with Gasteiger partial charge in [0.25, 0.3) is 0 Å². The number of hydrogen-bond donors (Lipinski definition) is 0. The van der Waals surface area contributed by atoms with Crippen LogP contribution in [0.15, 0.2) is 162 Å². The van der Waals surface area contributed by atoms with Crippen LogP contribution < -0.4 is 0 Å². The first-order valence-electron chi connectivity index (χ1n) is 17.1. The molecule has 0 aliphatic heterocycles. The van der Waals surface area contributed by atoms with Crippen molar-refractivity contribution in [2.45, 2.75) is 19.3 Å². The van der Waals surface area contributed by atoms with Crippen LogP contribution in [0, 0.1) is 0 Å². The van der Waals surface area contributed by atoms with Crippen molar-refractivity contribution in [3.63, 3.8) is 0 Å². The van der Waals surface area contributed by atoms with Crippen molar-refractivity contribution in [2.24, 2.45) is 0 Å². The molecule has 0 saturated carbocycles. The molecule has 50 heavy (non-hydrogen) atoms. The summed E-state index contributed by atoms with van der Waals surface area (Å²) in [7, 11) is 0. The van der Waals surface area contributed by atoms with Crippen LogP contribution in [0.2, 0.25) is 0 Å². The van der Waals surface area contributed by atoms with E-state index in [4.69, 9.17) is 14.4 Å². The van der Waals surface area contributed by atoms with Gasteiger partial charge in [-0.2, -0.15) is 0 Å². The summed E-state index contributed by atoms with van der Waals surface area (Å²) in [5, 5.41) is 5.92. The molecule has 0 radical (unpaired) electrons. The van der Waals surface area contributed by atoms with Gasteiger partial charge in [-0.05, 0) is 86.3 Å². The molecule has 0 atom stereocenters. The number of hydrogen-bond acceptors (Lipinski definition) is 3. The summed E-state index contributed by atoms with van der Waals surface area (Å²) in [5.41, 5.74) is 12.0. The molecule has 3 nitrogen and oxygen atoms in total. The summed E-state index contributed by atoms with van der Waals surface area (Å²) >= 11 is 0. The van der Waals surface area contributed by atoms with E-state index in [2.05, 4.69) is 135 Å². The Morgan fingerprint density at radius 2 is 1.10 bits per heavy atom. The van der Waals surface area contributed by atoms with Crippen molar-refractivity contribution < 1.29 is 4.42 Å². The van der Waals surface area contributed by atoms with Crippen LogP contribution in [0.3, 0.4) is 0 Å². The quantitative estimate of drug-likeness (QED) is 0.192. The summed E-state index contributed by atoms with van der Waals surface area (Å²) in [4.78, 5) is 10.4. The Hall–Kier alpha value is -6.32. The Morgan fingerprint density at radius 3 is 1.90 bits per heavy atom. The molecule has 0 unspecified atom stereocenters. The van der Waals surface area contributed by atoms with Gasteiger partial charge in [-0.15, -0.1) is 0 Å². The number of furan rings is 1. The Balaban J connectivity index is 1.13. The van der Waals surface area contributed by atoms with E-state index < -0.39 is 0 Å². The molecular weight excluding hydrogens is 609 g/mol. The van der Waals surface area contributed by atoms with Gasteiger partial charge in [0.05, 0.1) is 11.4 Å². The van der Waals surface area contributed by atoms with Crippen molar-refractivity contribution in [3.05, 3.63) is 169 Å². The summed E-state index contributed by atoms with van der Waals surface area (Å²) in [6.07, 6.45) is 0. The molecule has 10 rings (SSSR count). The lowest BCUT2D eigenvalue weighted by Gasteiger charge is -2.22. The molecule has 0 spiro atoms. The number of rotatable bonds is 4. The van der Waals surface area contributed by atoms with Gasteiger partial charge in [0.1, 0.15) is 11.3 Å².